The second-order valence-electron chi connectivity index (χ2n) is 3.83. The van der Waals surface area contributed by atoms with Gasteiger partial charge in [-0.15, -0.1) is 23.4 Å². The van der Waals surface area contributed by atoms with Gasteiger partial charge in [-0.25, -0.2) is 0 Å². The van der Waals surface area contributed by atoms with Crippen molar-refractivity contribution in [2.45, 2.75) is 6.36 Å². The quantitative estimate of drug-likeness (QED) is 0.812. The van der Waals surface area contributed by atoms with E-state index >= 15 is 0 Å². The Kier molecular flexibility index (Phi) is 4.06. The summed E-state index contributed by atoms with van der Waals surface area (Å²) in [4.78, 5) is 12.2. The zero-order chi connectivity index (χ0) is 15.5. The number of nitrogens with zero attached hydrogens (tertiary/aromatic N) is 2. The normalized spacial score (nSPS) is 11.0. The number of hydrogen-bond acceptors (Lipinski definition) is 5. The highest BCUT2D eigenvalue weighted by Gasteiger charge is 2.33. The smallest absolute Gasteiger partial charge is 0.480 e. The van der Waals surface area contributed by atoms with Gasteiger partial charge in [-0.1, -0.05) is 12.1 Å². The molecule has 0 saturated carbocycles. The van der Waals surface area contributed by atoms with Crippen LogP contribution in [0, 0.1) is 0 Å². The maximum absolute atomic E-state index is 12.3. The van der Waals surface area contributed by atoms with Crippen molar-refractivity contribution in [2.75, 3.05) is 7.11 Å². The highest BCUT2D eigenvalue weighted by molar-refractivity contribution is 6.09. The van der Waals surface area contributed by atoms with Crippen molar-refractivity contribution in [3.05, 3.63) is 47.7 Å². The molecule has 0 aliphatic carbocycles. The summed E-state index contributed by atoms with van der Waals surface area (Å²) in [6, 6.07) is 7.71. The second kappa shape index (κ2) is 5.78. The number of rotatable bonds is 4. The number of carbonyl (C=O) groups is 1. The van der Waals surface area contributed by atoms with Crippen molar-refractivity contribution in [1.82, 2.24) is 10.2 Å². The van der Waals surface area contributed by atoms with Crippen molar-refractivity contribution in [3.63, 3.8) is 0 Å². The lowest BCUT2D eigenvalue weighted by atomic mass is 10.1. The Balaban J connectivity index is 2.34. The molecule has 8 heteroatoms. The molecule has 1 aromatic carbocycles. The molecule has 2 rings (SSSR count). The molecule has 0 N–H and O–H groups in total. The molecule has 110 valence electrons. The molecule has 1 heterocycles. The Bertz CT molecular complexity index is 642. The van der Waals surface area contributed by atoms with Crippen LogP contribution in [0.4, 0.5) is 13.2 Å². The number of alkyl halides is 3. The van der Waals surface area contributed by atoms with Crippen LogP contribution >= 0.6 is 0 Å². The maximum atomic E-state index is 12.3. The molecule has 1 aromatic heterocycles. The summed E-state index contributed by atoms with van der Waals surface area (Å²) in [5.74, 6) is -1.14. The van der Waals surface area contributed by atoms with Crippen LogP contribution in [0.3, 0.4) is 0 Å². The lowest BCUT2D eigenvalue weighted by molar-refractivity contribution is -0.274. The van der Waals surface area contributed by atoms with E-state index in [1.54, 1.807) is 0 Å². The fourth-order valence-electron chi connectivity index (χ4n) is 1.56. The van der Waals surface area contributed by atoms with E-state index in [-0.39, 0.29) is 17.1 Å². The average molecular weight is 298 g/mol. The van der Waals surface area contributed by atoms with Gasteiger partial charge in [0.15, 0.2) is 0 Å². The molecular weight excluding hydrogens is 289 g/mol. The molecule has 0 bridgehead atoms. The first-order valence-electron chi connectivity index (χ1n) is 5.68. The van der Waals surface area contributed by atoms with E-state index in [1.807, 2.05) is 0 Å². The van der Waals surface area contributed by atoms with E-state index in [2.05, 4.69) is 14.9 Å². The van der Waals surface area contributed by atoms with Gasteiger partial charge in [-0.3, -0.25) is 4.79 Å². The van der Waals surface area contributed by atoms with Crippen molar-refractivity contribution < 1.29 is 27.4 Å². The Morgan fingerprint density at radius 3 is 2.38 bits per heavy atom. The lowest BCUT2D eigenvalue weighted by Gasteiger charge is -2.12. The number of hydrogen-bond donors (Lipinski definition) is 0. The van der Waals surface area contributed by atoms with E-state index in [0.29, 0.717) is 0 Å². The molecule has 0 atom stereocenters. The molecule has 2 aromatic rings. The van der Waals surface area contributed by atoms with Gasteiger partial charge in [0.2, 0.25) is 11.7 Å². The topological polar surface area (TPSA) is 61.3 Å². The molecule has 0 aliphatic heterocycles. The second-order valence-corrected chi connectivity index (χ2v) is 3.83. The van der Waals surface area contributed by atoms with Crippen LogP contribution in [0.1, 0.15) is 16.1 Å². The molecular formula is C13H9F3N2O3. The van der Waals surface area contributed by atoms with Crippen LogP contribution < -0.4 is 9.47 Å². The number of carbonyl (C=O) groups excluding carboxylic acids is 1. The number of aromatic nitrogens is 2. The summed E-state index contributed by atoms with van der Waals surface area (Å²) in [7, 11) is 1.37. The summed E-state index contributed by atoms with van der Waals surface area (Å²) in [6.07, 6.45) is -4.89. The minimum atomic E-state index is -4.89. The highest BCUT2D eigenvalue weighted by Crippen LogP contribution is 2.27. The van der Waals surface area contributed by atoms with Crippen LogP contribution in [0.2, 0.25) is 0 Å². The molecule has 5 nitrogen and oxygen atoms in total. The van der Waals surface area contributed by atoms with Crippen molar-refractivity contribution in [3.8, 4) is 11.6 Å². The summed E-state index contributed by atoms with van der Waals surface area (Å²) >= 11 is 0. The third-order valence-corrected chi connectivity index (χ3v) is 2.44. The minimum Gasteiger partial charge on any atom is -0.480 e. The minimum absolute atomic E-state index is 0.117. The van der Waals surface area contributed by atoms with Crippen molar-refractivity contribution >= 4 is 5.78 Å². The first-order valence-corrected chi connectivity index (χ1v) is 5.68. The van der Waals surface area contributed by atoms with Crippen LogP contribution in [-0.4, -0.2) is 29.5 Å². The Labute approximate surface area is 117 Å². The van der Waals surface area contributed by atoms with Gasteiger partial charge in [0.05, 0.1) is 12.7 Å². The van der Waals surface area contributed by atoms with Crippen LogP contribution in [0.25, 0.3) is 0 Å². The SMILES string of the molecule is COc1ccc(C(=O)c2ccccc2OC(F)(F)F)nn1. The van der Waals surface area contributed by atoms with E-state index in [1.165, 1.54) is 37.4 Å². The number of para-hydroxylation sites is 1. The number of methoxy groups -OCH3 is 1. The van der Waals surface area contributed by atoms with Crippen LogP contribution in [0.15, 0.2) is 36.4 Å². The first kappa shape index (κ1) is 14.8. The summed E-state index contributed by atoms with van der Waals surface area (Å²) in [5.41, 5.74) is -0.372. The van der Waals surface area contributed by atoms with Crippen molar-refractivity contribution in [1.29, 1.82) is 0 Å². The Morgan fingerprint density at radius 1 is 1.10 bits per heavy atom. The van der Waals surface area contributed by atoms with Crippen LogP contribution in [-0.2, 0) is 0 Å². The third kappa shape index (κ3) is 3.68. The van der Waals surface area contributed by atoms with Gasteiger partial charge in [-0.2, -0.15) is 0 Å². The van der Waals surface area contributed by atoms with Gasteiger partial charge >= 0.3 is 6.36 Å². The first-order chi connectivity index (χ1) is 9.90. The zero-order valence-corrected chi connectivity index (χ0v) is 10.7. The largest absolute Gasteiger partial charge is 0.573 e. The highest BCUT2D eigenvalue weighted by atomic mass is 19.4. The van der Waals surface area contributed by atoms with E-state index in [4.69, 9.17) is 4.74 Å². The number of benzene rings is 1. The molecule has 0 unspecified atom stereocenters. The van der Waals surface area contributed by atoms with Gasteiger partial charge < -0.3 is 9.47 Å². The van der Waals surface area contributed by atoms with Gasteiger partial charge in [0.1, 0.15) is 11.4 Å². The molecule has 0 fully saturated rings. The number of ether oxygens (including phenoxy) is 2. The van der Waals surface area contributed by atoms with Gasteiger partial charge in [0.25, 0.3) is 0 Å². The molecule has 0 amide bonds. The standard InChI is InChI=1S/C13H9F3N2O3/c1-20-11-7-6-9(17-18-11)12(19)8-4-2-3-5-10(8)21-13(14,15)16/h2-7H,1H3. The predicted molar refractivity (Wildman–Crippen MR) is 65.1 cm³/mol. The molecule has 0 aliphatic rings. The third-order valence-electron chi connectivity index (χ3n) is 2.44. The summed E-state index contributed by atoms with van der Waals surface area (Å²) < 4.78 is 45.5. The molecule has 0 radical (unpaired) electrons. The van der Waals surface area contributed by atoms with Crippen molar-refractivity contribution in [2.24, 2.45) is 0 Å². The zero-order valence-electron chi connectivity index (χ0n) is 10.7. The Hall–Kier alpha value is -2.64. The van der Waals surface area contributed by atoms with E-state index < -0.39 is 17.9 Å². The number of ketones is 1. The monoisotopic (exact) mass is 298 g/mol. The summed E-state index contributed by atoms with van der Waals surface area (Å²) in [6.45, 7) is 0. The fourth-order valence-corrected chi connectivity index (χ4v) is 1.56. The van der Waals surface area contributed by atoms with E-state index in [9.17, 15) is 18.0 Å². The average Bonchev–Trinajstić information content (AvgIpc) is 2.45. The van der Waals surface area contributed by atoms with Gasteiger partial charge in [0, 0.05) is 6.07 Å². The molecule has 0 spiro atoms. The number of halogens is 3. The maximum Gasteiger partial charge on any atom is 0.573 e. The molecule has 21 heavy (non-hydrogen) atoms. The van der Waals surface area contributed by atoms with E-state index in [0.717, 1.165) is 6.07 Å². The predicted octanol–water partition coefficient (Wildman–Crippen LogP) is 2.61. The summed E-state index contributed by atoms with van der Waals surface area (Å²) in [5, 5.41) is 7.19. The molecule has 0 saturated heterocycles. The van der Waals surface area contributed by atoms with Crippen LogP contribution in [0.5, 0.6) is 11.6 Å². The Morgan fingerprint density at radius 2 is 1.81 bits per heavy atom. The fraction of sp³-hybridized carbons (Fsp3) is 0.154. The van der Waals surface area contributed by atoms with Gasteiger partial charge in [-0.05, 0) is 18.2 Å². The lowest BCUT2D eigenvalue weighted by Crippen LogP contribution is -2.19.